The van der Waals surface area contributed by atoms with E-state index in [1.807, 2.05) is 18.7 Å². The Morgan fingerprint density at radius 1 is 1.24 bits per heavy atom. The highest BCUT2D eigenvalue weighted by molar-refractivity contribution is 7.71. The summed E-state index contributed by atoms with van der Waals surface area (Å²) in [6.45, 7) is 7.33. The number of hydrogen-bond acceptors (Lipinski definition) is 4. The van der Waals surface area contributed by atoms with Gasteiger partial charge in [-0.2, -0.15) is 5.10 Å². The SMILES string of the molecule is CC(C)C(=O)N1CCN(Cn2ncn(-c3ccccc3F)c2=S)CC1. The van der Waals surface area contributed by atoms with Crippen molar-refractivity contribution in [2.24, 2.45) is 5.92 Å². The molecule has 6 nitrogen and oxygen atoms in total. The van der Waals surface area contributed by atoms with Crippen LogP contribution in [-0.2, 0) is 11.5 Å². The van der Waals surface area contributed by atoms with Gasteiger partial charge in [-0.1, -0.05) is 26.0 Å². The van der Waals surface area contributed by atoms with Crippen LogP contribution in [-0.4, -0.2) is 56.2 Å². The van der Waals surface area contributed by atoms with Gasteiger partial charge in [0.15, 0.2) is 0 Å². The van der Waals surface area contributed by atoms with E-state index in [0.717, 1.165) is 13.1 Å². The summed E-state index contributed by atoms with van der Waals surface area (Å²) in [7, 11) is 0. The second-order valence-corrected chi connectivity index (χ2v) is 6.84. The summed E-state index contributed by atoms with van der Waals surface area (Å²) in [5, 5.41) is 4.30. The molecule has 134 valence electrons. The minimum Gasteiger partial charge on any atom is -0.340 e. The maximum absolute atomic E-state index is 14.0. The lowest BCUT2D eigenvalue weighted by Crippen LogP contribution is -2.50. The average Bonchev–Trinajstić information content (AvgIpc) is 2.96. The molecule has 0 aliphatic carbocycles. The third-order valence-corrected chi connectivity index (χ3v) is 4.76. The first-order valence-electron chi connectivity index (χ1n) is 8.38. The smallest absolute Gasteiger partial charge is 0.225 e. The van der Waals surface area contributed by atoms with Gasteiger partial charge in [-0.05, 0) is 24.4 Å². The predicted octanol–water partition coefficient (Wildman–Crippen LogP) is 2.30. The summed E-state index contributed by atoms with van der Waals surface area (Å²) >= 11 is 5.44. The van der Waals surface area contributed by atoms with Crippen LogP contribution in [0, 0.1) is 16.5 Å². The lowest BCUT2D eigenvalue weighted by Gasteiger charge is -2.35. The number of nitrogens with zero attached hydrogens (tertiary/aromatic N) is 5. The van der Waals surface area contributed by atoms with E-state index in [2.05, 4.69) is 10.00 Å². The standard InChI is InChI=1S/C17H22FN5OS/c1-13(2)16(24)21-9-7-20(8-10-21)12-23-17(25)22(11-19-23)15-6-4-3-5-14(15)18/h3-6,11,13H,7-10,12H2,1-2H3. The van der Waals surface area contributed by atoms with Crippen LogP contribution in [0.3, 0.4) is 0 Å². The normalized spacial score (nSPS) is 15.8. The predicted molar refractivity (Wildman–Crippen MR) is 95.3 cm³/mol. The second-order valence-electron chi connectivity index (χ2n) is 6.47. The fraction of sp³-hybridized carbons (Fsp3) is 0.471. The van der Waals surface area contributed by atoms with Gasteiger partial charge in [-0.25, -0.2) is 9.07 Å². The highest BCUT2D eigenvalue weighted by atomic mass is 32.1. The molecule has 0 bridgehead atoms. The van der Waals surface area contributed by atoms with Crippen LogP contribution in [0.4, 0.5) is 4.39 Å². The molecule has 1 saturated heterocycles. The molecule has 3 rings (SSSR count). The Hall–Kier alpha value is -2.06. The molecule has 8 heteroatoms. The zero-order valence-electron chi connectivity index (χ0n) is 14.4. The Kier molecular flexibility index (Phi) is 5.29. The molecule has 0 atom stereocenters. The van der Waals surface area contributed by atoms with Crippen LogP contribution in [0.2, 0.25) is 0 Å². The Morgan fingerprint density at radius 3 is 2.56 bits per heavy atom. The molecule has 1 fully saturated rings. The molecule has 0 N–H and O–H groups in total. The van der Waals surface area contributed by atoms with Crippen molar-refractivity contribution in [3.05, 3.63) is 41.2 Å². The first kappa shape index (κ1) is 17.8. The van der Waals surface area contributed by atoms with Crippen molar-refractivity contribution in [1.82, 2.24) is 24.1 Å². The van der Waals surface area contributed by atoms with Crippen LogP contribution in [0.5, 0.6) is 0 Å². The Bertz CT molecular complexity index is 807. The van der Waals surface area contributed by atoms with Crippen LogP contribution in [0.25, 0.3) is 5.69 Å². The van der Waals surface area contributed by atoms with Gasteiger partial charge in [-0.3, -0.25) is 14.3 Å². The number of halogens is 1. The molecule has 0 unspecified atom stereocenters. The van der Waals surface area contributed by atoms with Crippen LogP contribution in [0.15, 0.2) is 30.6 Å². The van der Waals surface area contributed by atoms with Crippen molar-refractivity contribution in [1.29, 1.82) is 0 Å². The van der Waals surface area contributed by atoms with Gasteiger partial charge in [0.05, 0.1) is 12.4 Å². The van der Waals surface area contributed by atoms with Crippen molar-refractivity contribution in [3.63, 3.8) is 0 Å². The molecule has 1 aromatic carbocycles. The fourth-order valence-corrected chi connectivity index (χ4v) is 3.16. The van der Waals surface area contributed by atoms with Crippen molar-refractivity contribution in [2.45, 2.75) is 20.5 Å². The molecule has 25 heavy (non-hydrogen) atoms. The fourth-order valence-electron chi connectivity index (χ4n) is 2.91. The maximum atomic E-state index is 14.0. The van der Waals surface area contributed by atoms with Gasteiger partial charge in [0.25, 0.3) is 0 Å². The van der Waals surface area contributed by atoms with Crippen molar-refractivity contribution in [3.8, 4) is 5.69 Å². The number of benzene rings is 1. The van der Waals surface area contributed by atoms with E-state index in [0.29, 0.717) is 30.2 Å². The number of amides is 1. The molecule has 1 aromatic heterocycles. The summed E-state index contributed by atoms with van der Waals surface area (Å²) < 4.78 is 17.7. The Labute approximate surface area is 151 Å². The average molecular weight is 363 g/mol. The third kappa shape index (κ3) is 3.80. The number of hydrogen-bond donors (Lipinski definition) is 0. The highest BCUT2D eigenvalue weighted by Crippen LogP contribution is 2.14. The van der Waals surface area contributed by atoms with Gasteiger partial charge < -0.3 is 4.90 Å². The number of piperazine rings is 1. The summed E-state index contributed by atoms with van der Waals surface area (Å²) in [6.07, 6.45) is 1.54. The van der Waals surface area contributed by atoms with E-state index in [4.69, 9.17) is 12.2 Å². The van der Waals surface area contributed by atoms with Crippen LogP contribution < -0.4 is 0 Å². The largest absolute Gasteiger partial charge is 0.340 e. The highest BCUT2D eigenvalue weighted by Gasteiger charge is 2.23. The Morgan fingerprint density at radius 2 is 1.92 bits per heavy atom. The molecule has 2 heterocycles. The number of aromatic nitrogens is 3. The second kappa shape index (κ2) is 7.45. The van der Waals surface area contributed by atoms with Crippen LogP contribution >= 0.6 is 12.2 Å². The summed E-state index contributed by atoms with van der Waals surface area (Å²) in [5.74, 6) is -0.115. The monoisotopic (exact) mass is 363 g/mol. The molecule has 0 saturated carbocycles. The van der Waals surface area contributed by atoms with E-state index in [1.54, 1.807) is 33.8 Å². The topological polar surface area (TPSA) is 46.3 Å². The lowest BCUT2D eigenvalue weighted by molar-refractivity contribution is -0.136. The number of carbonyl (C=O) groups excluding carboxylic acids is 1. The molecule has 1 amide bonds. The van der Waals surface area contributed by atoms with Gasteiger partial charge in [0.1, 0.15) is 12.1 Å². The lowest BCUT2D eigenvalue weighted by atomic mass is 10.1. The zero-order valence-corrected chi connectivity index (χ0v) is 15.2. The summed E-state index contributed by atoms with van der Waals surface area (Å²) in [4.78, 5) is 16.1. The third-order valence-electron chi connectivity index (χ3n) is 4.36. The molecule has 0 spiro atoms. The van der Waals surface area contributed by atoms with Crippen molar-refractivity contribution in [2.75, 3.05) is 26.2 Å². The quantitative estimate of drug-likeness (QED) is 0.782. The number of rotatable bonds is 4. The Balaban J connectivity index is 1.67. The van der Waals surface area contributed by atoms with Crippen LogP contribution in [0.1, 0.15) is 13.8 Å². The number of para-hydroxylation sites is 1. The van der Waals surface area contributed by atoms with E-state index < -0.39 is 0 Å². The molecule has 0 radical (unpaired) electrons. The van der Waals surface area contributed by atoms with E-state index in [9.17, 15) is 9.18 Å². The maximum Gasteiger partial charge on any atom is 0.225 e. The molecular weight excluding hydrogens is 341 g/mol. The van der Waals surface area contributed by atoms with E-state index >= 15 is 0 Å². The van der Waals surface area contributed by atoms with E-state index in [1.165, 1.54) is 6.07 Å². The molecule has 2 aromatic rings. The first-order valence-corrected chi connectivity index (χ1v) is 8.78. The zero-order chi connectivity index (χ0) is 18.0. The minimum absolute atomic E-state index is 0.0247. The molecular formula is C17H22FN5OS. The summed E-state index contributed by atoms with van der Waals surface area (Å²) in [5.41, 5.74) is 0.395. The van der Waals surface area contributed by atoms with Gasteiger partial charge in [0, 0.05) is 32.1 Å². The molecule has 1 aliphatic rings. The van der Waals surface area contributed by atoms with Crippen molar-refractivity contribution >= 4 is 18.1 Å². The van der Waals surface area contributed by atoms with Gasteiger partial charge in [-0.15, -0.1) is 0 Å². The van der Waals surface area contributed by atoms with Gasteiger partial charge >= 0.3 is 0 Å². The molecule has 1 aliphatic heterocycles. The van der Waals surface area contributed by atoms with E-state index in [-0.39, 0.29) is 17.6 Å². The number of carbonyl (C=O) groups is 1. The first-order chi connectivity index (χ1) is 12.0. The van der Waals surface area contributed by atoms with Crippen molar-refractivity contribution < 1.29 is 9.18 Å². The minimum atomic E-state index is -0.334. The summed E-state index contributed by atoms with van der Waals surface area (Å²) in [6, 6.07) is 6.49. The van der Waals surface area contributed by atoms with Gasteiger partial charge in [0.2, 0.25) is 10.7 Å².